The predicted molar refractivity (Wildman–Crippen MR) is 91.5 cm³/mol. The fourth-order valence-electron chi connectivity index (χ4n) is 4.28. The predicted octanol–water partition coefficient (Wildman–Crippen LogP) is 3.53. The zero-order valence-corrected chi connectivity index (χ0v) is 14.1. The maximum Gasteiger partial charge on any atom is 0.121 e. The molecular weight excluding hydrogens is 272 g/mol. The van der Waals surface area contributed by atoms with Crippen molar-refractivity contribution in [3.05, 3.63) is 29.3 Å². The number of benzene rings is 1. The molecule has 1 aromatic rings. The van der Waals surface area contributed by atoms with E-state index in [-0.39, 0.29) is 0 Å². The Balaban J connectivity index is 1.87. The molecular formula is C19H30N2O. The summed E-state index contributed by atoms with van der Waals surface area (Å²) in [7, 11) is 1.76. The van der Waals surface area contributed by atoms with Gasteiger partial charge in [0, 0.05) is 32.2 Å². The number of hydrogen-bond acceptors (Lipinski definition) is 3. The van der Waals surface area contributed by atoms with E-state index in [0.717, 1.165) is 24.8 Å². The van der Waals surface area contributed by atoms with E-state index in [1.807, 2.05) is 0 Å². The van der Waals surface area contributed by atoms with E-state index >= 15 is 0 Å². The zero-order valence-electron chi connectivity index (χ0n) is 14.1. The van der Waals surface area contributed by atoms with Crippen molar-refractivity contribution in [3.63, 3.8) is 0 Å². The van der Waals surface area contributed by atoms with Crippen LogP contribution >= 0.6 is 0 Å². The van der Waals surface area contributed by atoms with Crippen LogP contribution in [-0.2, 0) is 0 Å². The molecule has 1 aromatic carbocycles. The molecule has 1 aliphatic carbocycles. The van der Waals surface area contributed by atoms with E-state index in [1.165, 1.54) is 56.3 Å². The Morgan fingerprint density at radius 3 is 2.50 bits per heavy atom. The molecule has 2 fully saturated rings. The van der Waals surface area contributed by atoms with Gasteiger partial charge in [0.1, 0.15) is 5.75 Å². The molecule has 1 saturated carbocycles. The van der Waals surface area contributed by atoms with Crippen molar-refractivity contribution < 1.29 is 4.74 Å². The minimum atomic E-state index is 0.590. The van der Waals surface area contributed by atoms with Gasteiger partial charge in [-0.3, -0.25) is 4.90 Å². The fourth-order valence-corrected chi connectivity index (χ4v) is 4.28. The molecule has 3 nitrogen and oxygen atoms in total. The largest absolute Gasteiger partial charge is 0.496 e. The standard InChI is InChI=1S/C19H30N2O/c1-15-14-17(8-9-18(15)22-2)19(16-6-4-3-5-7-16)21-12-10-20-11-13-21/h8-9,14,16,19-20H,3-7,10-13H2,1-2H3/t19-/m0/s1. The molecule has 0 radical (unpaired) electrons. The number of methoxy groups -OCH3 is 1. The average molecular weight is 302 g/mol. The topological polar surface area (TPSA) is 24.5 Å². The van der Waals surface area contributed by atoms with Gasteiger partial charge in [-0.25, -0.2) is 0 Å². The molecule has 1 aliphatic heterocycles. The second-order valence-corrected chi connectivity index (χ2v) is 6.86. The first-order valence-electron chi connectivity index (χ1n) is 8.89. The van der Waals surface area contributed by atoms with Crippen LogP contribution in [-0.4, -0.2) is 38.2 Å². The van der Waals surface area contributed by atoms with E-state index in [2.05, 4.69) is 35.3 Å². The molecule has 22 heavy (non-hydrogen) atoms. The smallest absolute Gasteiger partial charge is 0.121 e. The first-order valence-corrected chi connectivity index (χ1v) is 8.89. The molecule has 0 unspecified atom stereocenters. The summed E-state index contributed by atoms with van der Waals surface area (Å²) in [4.78, 5) is 2.72. The molecule has 3 rings (SSSR count). The Morgan fingerprint density at radius 1 is 1.14 bits per heavy atom. The lowest BCUT2D eigenvalue weighted by Gasteiger charge is -2.41. The molecule has 3 heteroatoms. The molecule has 0 amide bonds. The highest BCUT2D eigenvalue weighted by molar-refractivity contribution is 5.37. The monoisotopic (exact) mass is 302 g/mol. The molecule has 0 bridgehead atoms. The van der Waals surface area contributed by atoms with E-state index in [1.54, 1.807) is 7.11 Å². The van der Waals surface area contributed by atoms with E-state index in [9.17, 15) is 0 Å². The molecule has 1 N–H and O–H groups in total. The van der Waals surface area contributed by atoms with E-state index in [4.69, 9.17) is 4.74 Å². The lowest BCUT2D eigenvalue weighted by atomic mass is 9.80. The summed E-state index contributed by atoms with van der Waals surface area (Å²) in [6.45, 7) is 6.76. The minimum Gasteiger partial charge on any atom is -0.496 e. The summed E-state index contributed by atoms with van der Waals surface area (Å²) < 4.78 is 5.45. The van der Waals surface area contributed by atoms with Crippen molar-refractivity contribution >= 4 is 0 Å². The van der Waals surface area contributed by atoms with Crippen LogP contribution in [0.4, 0.5) is 0 Å². The Hall–Kier alpha value is -1.06. The van der Waals surface area contributed by atoms with Gasteiger partial charge >= 0.3 is 0 Å². The quantitative estimate of drug-likeness (QED) is 0.921. The van der Waals surface area contributed by atoms with Gasteiger partial charge in [-0.2, -0.15) is 0 Å². The van der Waals surface area contributed by atoms with Crippen molar-refractivity contribution in [3.8, 4) is 5.75 Å². The average Bonchev–Trinajstić information content (AvgIpc) is 2.57. The molecule has 0 spiro atoms. The van der Waals surface area contributed by atoms with Crippen LogP contribution in [0.15, 0.2) is 18.2 Å². The van der Waals surface area contributed by atoms with Crippen LogP contribution in [0.25, 0.3) is 0 Å². The Kier molecular flexibility index (Phi) is 5.37. The van der Waals surface area contributed by atoms with Crippen molar-refractivity contribution in [1.29, 1.82) is 0 Å². The third-order valence-electron chi connectivity index (χ3n) is 5.40. The molecule has 122 valence electrons. The number of aryl methyl sites for hydroxylation is 1. The summed E-state index contributed by atoms with van der Waals surface area (Å²) in [6.07, 6.45) is 7.01. The number of nitrogens with one attached hydrogen (secondary N) is 1. The summed E-state index contributed by atoms with van der Waals surface area (Å²) in [5.41, 5.74) is 2.75. The van der Waals surface area contributed by atoms with Crippen LogP contribution in [0.3, 0.4) is 0 Å². The van der Waals surface area contributed by atoms with Crippen LogP contribution in [0.2, 0.25) is 0 Å². The Morgan fingerprint density at radius 2 is 1.86 bits per heavy atom. The van der Waals surface area contributed by atoms with Gasteiger partial charge in [-0.1, -0.05) is 31.4 Å². The lowest BCUT2D eigenvalue weighted by Crippen LogP contribution is -2.47. The Labute approximate surface area is 135 Å². The van der Waals surface area contributed by atoms with Crippen LogP contribution < -0.4 is 10.1 Å². The van der Waals surface area contributed by atoms with Gasteiger partial charge in [0.15, 0.2) is 0 Å². The molecule has 1 atom stereocenters. The highest BCUT2D eigenvalue weighted by Crippen LogP contribution is 2.39. The molecule has 1 saturated heterocycles. The molecule has 2 aliphatic rings. The number of ether oxygens (including phenoxy) is 1. The van der Waals surface area contributed by atoms with E-state index < -0.39 is 0 Å². The van der Waals surface area contributed by atoms with E-state index in [0.29, 0.717) is 6.04 Å². The first-order chi connectivity index (χ1) is 10.8. The number of nitrogens with zero attached hydrogens (tertiary/aromatic N) is 1. The summed E-state index contributed by atoms with van der Waals surface area (Å²) in [5.74, 6) is 1.83. The second kappa shape index (κ2) is 7.47. The molecule has 1 heterocycles. The van der Waals surface area contributed by atoms with Gasteiger partial charge in [0.25, 0.3) is 0 Å². The summed E-state index contributed by atoms with van der Waals surface area (Å²) >= 11 is 0. The highest BCUT2D eigenvalue weighted by atomic mass is 16.5. The third kappa shape index (κ3) is 3.47. The maximum absolute atomic E-state index is 5.45. The molecule has 0 aromatic heterocycles. The summed E-state index contributed by atoms with van der Waals surface area (Å²) in [6, 6.07) is 7.41. The van der Waals surface area contributed by atoms with Crippen molar-refractivity contribution in [2.75, 3.05) is 33.3 Å². The third-order valence-corrected chi connectivity index (χ3v) is 5.40. The van der Waals surface area contributed by atoms with Crippen LogP contribution in [0.1, 0.15) is 49.3 Å². The van der Waals surface area contributed by atoms with Gasteiger partial charge < -0.3 is 10.1 Å². The SMILES string of the molecule is COc1ccc([C@H](C2CCCCC2)N2CCNCC2)cc1C. The van der Waals surface area contributed by atoms with Crippen molar-refractivity contribution in [1.82, 2.24) is 10.2 Å². The fraction of sp³-hybridized carbons (Fsp3) is 0.684. The van der Waals surface area contributed by atoms with Crippen LogP contribution in [0.5, 0.6) is 5.75 Å². The van der Waals surface area contributed by atoms with Gasteiger partial charge in [-0.15, -0.1) is 0 Å². The second-order valence-electron chi connectivity index (χ2n) is 6.86. The minimum absolute atomic E-state index is 0.590. The number of hydrogen-bond donors (Lipinski definition) is 1. The van der Waals surface area contributed by atoms with Crippen LogP contribution in [0, 0.1) is 12.8 Å². The van der Waals surface area contributed by atoms with Gasteiger partial charge in [-0.05, 0) is 42.9 Å². The lowest BCUT2D eigenvalue weighted by molar-refractivity contribution is 0.103. The maximum atomic E-state index is 5.45. The zero-order chi connectivity index (χ0) is 15.4. The first kappa shape index (κ1) is 15.8. The summed E-state index contributed by atoms with van der Waals surface area (Å²) in [5, 5.41) is 3.49. The Bertz CT molecular complexity index is 458. The number of piperazine rings is 1. The van der Waals surface area contributed by atoms with Gasteiger partial charge in [0.05, 0.1) is 7.11 Å². The van der Waals surface area contributed by atoms with Crippen molar-refractivity contribution in [2.45, 2.75) is 45.1 Å². The normalized spacial score (nSPS) is 22.5. The van der Waals surface area contributed by atoms with Gasteiger partial charge in [0.2, 0.25) is 0 Å². The highest BCUT2D eigenvalue weighted by Gasteiger charge is 2.31. The number of rotatable bonds is 4. The van der Waals surface area contributed by atoms with Crippen molar-refractivity contribution in [2.24, 2.45) is 5.92 Å².